The summed E-state index contributed by atoms with van der Waals surface area (Å²) in [6.07, 6.45) is 13.4. The molecule has 2 fully saturated rings. The van der Waals surface area contributed by atoms with Crippen molar-refractivity contribution >= 4 is 24.3 Å². The maximum Gasteiger partial charge on any atom is 0.407 e. The van der Waals surface area contributed by atoms with E-state index in [1.54, 1.807) is 0 Å². The summed E-state index contributed by atoms with van der Waals surface area (Å²) in [5, 5.41) is 6.14. The average Bonchev–Trinajstić information content (AvgIpc) is 2.98. The van der Waals surface area contributed by atoms with Crippen LogP contribution in [0.15, 0.2) is 71.8 Å². The van der Waals surface area contributed by atoms with Crippen LogP contribution in [-0.4, -0.2) is 37.5 Å². The minimum absolute atomic E-state index is 0.203. The summed E-state index contributed by atoms with van der Waals surface area (Å²) in [5.41, 5.74) is 4.25. The molecule has 220 valence electrons. The average molecular weight is 559 g/mol. The van der Waals surface area contributed by atoms with Crippen molar-refractivity contribution in [3.05, 3.63) is 82.9 Å². The first kappa shape index (κ1) is 30.4. The molecule has 6 heteroatoms. The second-order valence-corrected chi connectivity index (χ2v) is 11.9. The Morgan fingerprint density at radius 2 is 1.00 bits per heavy atom. The van der Waals surface area contributed by atoms with Gasteiger partial charge in [0.25, 0.3) is 0 Å². The van der Waals surface area contributed by atoms with Crippen LogP contribution >= 0.6 is 0 Å². The smallest absolute Gasteiger partial charge is 0.407 e. The minimum atomic E-state index is -0.319. The summed E-state index contributed by atoms with van der Waals surface area (Å²) in [6.45, 7) is 4.56. The van der Waals surface area contributed by atoms with E-state index >= 15 is 0 Å². The number of ether oxygens (including phenoxy) is 2. The maximum atomic E-state index is 12.3. The lowest BCUT2D eigenvalue weighted by Crippen LogP contribution is -2.39. The van der Waals surface area contributed by atoms with E-state index in [2.05, 4.69) is 10.6 Å². The molecule has 0 radical (unpaired) electrons. The third kappa shape index (κ3) is 11.1. The topological polar surface area (TPSA) is 76.7 Å². The maximum absolute atomic E-state index is 12.3. The second kappa shape index (κ2) is 16.0. The van der Waals surface area contributed by atoms with Gasteiger partial charge in [-0.3, -0.25) is 0 Å². The number of carbonyl (C=O) groups excluding carboxylic acids is 2. The normalized spacial score (nSPS) is 23.4. The third-order valence-corrected chi connectivity index (χ3v) is 8.29. The number of hydrogen-bond donors (Lipinski definition) is 2. The monoisotopic (exact) mass is 558 g/mol. The number of benzene rings is 2. The first-order chi connectivity index (χ1) is 19.9. The molecule has 2 aromatic rings. The molecule has 0 atom stereocenters. The highest BCUT2D eigenvalue weighted by atomic mass is 16.6. The third-order valence-electron chi connectivity index (χ3n) is 8.29. The van der Waals surface area contributed by atoms with Gasteiger partial charge in [-0.2, -0.15) is 0 Å². The van der Waals surface area contributed by atoms with Crippen molar-refractivity contribution in [2.45, 2.75) is 83.7 Å². The lowest BCUT2D eigenvalue weighted by molar-refractivity contribution is 0.141. The zero-order valence-electron chi connectivity index (χ0n) is 24.6. The first-order valence-electron chi connectivity index (χ1n) is 15.2. The number of rotatable bonds is 10. The highest BCUT2D eigenvalue weighted by Crippen LogP contribution is 2.35. The minimum Gasteiger partial charge on any atom is -0.445 e. The molecule has 0 unspecified atom stereocenters. The van der Waals surface area contributed by atoms with Crippen LogP contribution in [0.3, 0.4) is 0 Å². The van der Waals surface area contributed by atoms with E-state index in [4.69, 9.17) is 9.47 Å². The van der Waals surface area contributed by atoms with Crippen molar-refractivity contribution in [3.8, 4) is 0 Å². The van der Waals surface area contributed by atoms with Gasteiger partial charge in [0.05, 0.1) is 0 Å². The van der Waals surface area contributed by atoms with E-state index in [1.807, 2.05) is 86.7 Å². The van der Waals surface area contributed by atoms with E-state index in [0.717, 1.165) is 85.5 Å². The quantitative estimate of drug-likeness (QED) is 0.308. The van der Waals surface area contributed by atoms with Crippen LogP contribution in [0.5, 0.6) is 0 Å². The van der Waals surface area contributed by atoms with Gasteiger partial charge in [-0.05, 0) is 106 Å². The summed E-state index contributed by atoms with van der Waals surface area (Å²) in [4.78, 5) is 24.6. The van der Waals surface area contributed by atoms with Crippen LogP contribution in [0.4, 0.5) is 9.59 Å². The van der Waals surface area contributed by atoms with E-state index in [-0.39, 0.29) is 24.3 Å². The highest BCUT2D eigenvalue weighted by molar-refractivity contribution is 5.68. The zero-order chi connectivity index (χ0) is 28.9. The van der Waals surface area contributed by atoms with E-state index in [9.17, 15) is 9.59 Å². The Morgan fingerprint density at radius 1 is 0.634 bits per heavy atom. The van der Waals surface area contributed by atoms with Gasteiger partial charge in [-0.1, -0.05) is 72.8 Å². The zero-order valence-corrected chi connectivity index (χ0v) is 24.6. The molecule has 2 aliphatic carbocycles. The molecule has 2 aliphatic rings. The summed E-state index contributed by atoms with van der Waals surface area (Å²) in [6, 6.07) is 20.5. The van der Waals surface area contributed by atoms with Crippen molar-refractivity contribution in [2.24, 2.45) is 11.8 Å². The van der Waals surface area contributed by atoms with Gasteiger partial charge in [-0.25, -0.2) is 9.59 Å². The first-order valence-corrected chi connectivity index (χ1v) is 15.2. The molecule has 0 bridgehead atoms. The Morgan fingerprint density at radius 3 is 1.37 bits per heavy atom. The lowest BCUT2D eigenvalue weighted by atomic mass is 9.76. The van der Waals surface area contributed by atoms with E-state index < -0.39 is 0 Å². The van der Waals surface area contributed by atoms with Gasteiger partial charge in [0.1, 0.15) is 13.2 Å². The van der Waals surface area contributed by atoms with Crippen molar-refractivity contribution in [3.63, 3.8) is 0 Å². The predicted octanol–water partition coefficient (Wildman–Crippen LogP) is 8.15. The molecule has 2 aromatic carbocycles. The molecule has 4 rings (SSSR count). The Bertz CT molecular complexity index is 1050. The molecule has 6 nitrogen and oxygen atoms in total. The van der Waals surface area contributed by atoms with Crippen LogP contribution in [0.1, 0.15) is 82.8 Å². The Balaban J connectivity index is 1.06. The fourth-order valence-electron chi connectivity index (χ4n) is 6.08. The SMILES string of the molecule is CC(=Cc1ccccc1)COC(=O)NC1CCC(CC2CCC(NC(=O)OCC(C)=Cc3ccccc3)CC2)CC1. The number of nitrogens with one attached hydrogen (secondary N) is 2. The molecular formula is C35H46N2O4. The van der Waals surface area contributed by atoms with Crippen molar-refractivity contribution < 1.29 is 19.1 Å². The van der Waals surface area contributed by atoms with Crippen LogP contribution in [-0.2, 0) is 9.47 Å². The van der Waals surface area contributed by atoms with E-state index in [0.29, 0.717) is 13.2 Å². The fraction of sp³-hybridized carbons (Fsp3) is 0.486. The van der Waals surface area contributed by atoms with Gasteiger partial charge in [0.2, 0.25) is 0 Å². The van der Waals surface area contributed by atoms with Crippen molar-refractivity contribution in [1.82, 2.24) is 10.6 Å². The van der Waals surface area contributed by atoms with Crippen LogP contribution in [0.25, 0.3) is 12.2 Å². The summed E-state index contributed by atoms with van der Waals surface area (Å²) >= 11 is 0. The number of amides is 2. The largest absolute Gasteiger partial charge is 0.445 e. The molecule has 41 heavy (non-hydrogen) atoms. The number of carbonyl (C=O) groups is 2. The molecule has 2 N–H and O–H groups in total. The molecule has 2 amide bonds. The molecule has 2 saturated carbocycles. The van der Waals surface area contributed by atoms with Crippen LogP contribution in [0, 0.1) is 11.8 Å². The van der Waals surface area contributed by atoms with Crippen molar-refractivity contribution in [1.29, 1.82) is 0 Å². The van der Waals surface area contributed by atoms with Crippen LogP contribution < -0.4 is 10.6 Å². The Hall–Kier alpha value is -3.54. The Kier molecular flexibility index (Phi) is 11.9. The number of alkyl carbamates (subject to hydrolysis) is 2. The fourth-order valence-corrected chi connectivity index (χ4v) is 6.08. The van der Waals surface area contributed by atoms with Gasteiger partial charge in [-0.15, -0.1) is 0 Å². The van der Waals surface area contributed by atoms with Gasteiger partial charge in [0, 0.05) is 12.1 Å². The summed E-state index contributed by atoms with van der Waals surface area (Å²) in [7, 11) is 0. The second-order valence-electron chi connectivity index (χ2n) is 11.9. The Labute approximate surface area is 245 Å². The summed E-state index contributed by atoms with van der Waals surface area (Å²) in [5.74, 6) is 1.44. The van der Waals surface area contributed by atoms with Gasteiger partial charge in [0.15, 0.2) is 0 Å². The molecule has 0 heterocycles. The standard InChI is InChI=1S/C35H46N2O4/c1-26(21-28-9-5-3-6-10-28)24-40-34(38)36-32-17-13-30(14-18-32)23-31-15-19-33(20-16-31)37-35(39)41-25-27(2)22-29-11-7-4-8-12-29/h3-12,21-22,30-33H,13-20,23-25H2,1-2H3,(H,36,38)(H,37,39). The predicted molar refractivity (Wildman–Crippen MR) is 165 cm³/mol. The van der Waals surface area contributed by atoms with Gasteiger partial charge >= 0.3 is 12.2 Å². The lowest BCUT2D eigenvalue weighted by Gasteiger charge is -2.34. The van der Waals surface area contributed by atoms with E-state index in [1.165, 1.54) is 6.42 Å². The molecule has 0 saturated heterocycles. The van der Waals surface area contributed by atoms with Crippen molar-refractivity contribution in [2.75, 3.05) is 13.2 Å². The molecular weight excluding hydrogens is 512 g/mol. The molecule has 0 spiro atoms. The van der Waals surface area contributed by atoms with Gasteiger partial charge < -0.3 is 20.1 Å². The summed E-state index contributed by atoms with van der Waals surface area (Å²) < 4.78 is 10.9. The number of hydrogen-bond acceptors (Lipinski definition) is 4. The molecule has 0 aliphatic heterocycles. The van der Waals surface area contributed by atoms with Crippen LogP contribution in [0.2, 0.25) is 0 Å². The molecule has 0 aromatic heterocycles. The highest BCUT2D eigenvalue weighted by Gasteiger charge is 2.28.